The lowest BCUT2D eigenvalue weighted by molar-refractivity contribution is 0.0791. The fourth-order valence-electron chi connectivity index (χ4n) is 2.40. The number of hydrogen-bond acceptors (Lipinski definition) is 6. The van der Waals surface area contributed by atoms with E-state index in [0.717, 1.165) is 30.9 Å². The number of aliphatic hydroxyl groups excluding tert-OH is 1. The second-order valence-electron chi connectivity index (χ2n) is 5.47. The summed E-state index contributed by atoms with van der Waals surface area (Å²) in [5, 5.41) is 21.2. The van der Waals surface area contributed by atoms with Gasteiger partial charge in [-0.25, -0.2) is 4.39 Å². The van der Waals surface area contributed by atoms with Crippen molar-refractivity contribution < 1.29 is 14.3 Å². The number of nitrogens with zero attached hydrogens (tertiary/aromatic N) is 3. The SMILES string of the molecule is O=C(Nc1ccc(F)cc1)c1nnc(CN2CCC(O)CC2)s1. The van der Waals surface area contributed by atoms with Gasteiger partial charge in [0.1, 0.15) is 10.8 Å². The average Bonchev–Trinajstić information content (AvgIpc) is 3.00. The molecule has 2 N–H and O–H groups in total. The highest BCUT2D eigenvalue weighted by Crippen LogP contribution is 2.18. The molecular weight excluding hydrogens is 319 g/mol. The summed E-state index contributed by atoms with van der Waals surface area (Å²) in [7, 11) is 0. The Morgan fingerprint density at radius 1 is 1.30 bits per heavy atom. The van der Waals surface area contributed by atoms with Gasteiger partial charge in [0.2, 0.25) is 5.01 Å². The number of benzene rings is 1. The lowest BCUT2D eigenvalue weighted by Gasteiger charge is -2.28. The molecule has 23 heavy (non-hydrogen) atoms. The molecule has 1 aliphatic rings. The van der Waals surface area contributed by atoms with E-state index in [2.05, 4.69) is 20.4 Å². The van der Waals surface area contributed by atoms with Crippen LogP contribution in [0.5, 0.6) is 0 Å². The zero-order valence-electron chi connectivity index (χ0n) is 12.4. The van der Waals surface area contributed by atoms with E-state index in [4.69, 9.17) is 0 Å². The lowest BCUT2D eigenvalue weighted by atomic mass is 10.1. The van der Waals surface area contributed by atoms with Crippen molar-refractivity contribution >= 4 is 22.9 Å². The zero-order chi connectivity index (χ0) is 16.2. The summed E-state index contributed by atoms with van der Waals surface area (Å²) < 4.78 is 12.8. The van der Waals surface area contributed by atoms with E-state index in [1.165, 1.54) is 35.6 Å². The van der Waals surface area contributed by atoms with E-state index in [0.29, 0.717) is 12.2 Å². The number of aromatic nitrogens is 2. The number of piperidine rings is 1. The molecule has 1 aromatic heterocycles. The Labute approximate surface area is 137 Å². The summed E-state index contributed by atoms with van der Waals surface area (Å²) in [6, 6.07) is 5.56. The number of carbonyl (C=O) groups excluding carboxylic acids is 1. The van der Waals surface area contributed by atoms with Gasteiger partial charge >= 0.3 is 0 Å². The summed E-state index contributed by atoms with van der Waals surface area (Å²) >= 11 is 1.25. The van der Waals surface area contributed by atoms with Crippen molar-refractivity contribution in [1.29, 1.82) is 0 Å². The van der Waals surface area contributed by atoms with Crippen LogP contribution in [0.15, 0.2) is 24.3 Å². The Morgan fingerprint density at radius 2 is 2.00 bits per heavy atom. The topological polar surface area (TPSA) is 78.4 Å². The molecule has 2 aromatic rings. The molecule has 0 bridgehead atoms. The number of halogens is 1. The molecule has 2 heterocycles. The number of likely N-dealkylation sites (tertiary alicyclic amines) is 1. The van der Waals surface area contributed by atoms with Gasteiger partial charge in [-0.3, -0.25) is 9.69 Å². The smallest absolute Gasteiger partial charge is 0.286 e. The third-order valence-electron chi connectivity index (χ3n) is 3.68. The highest BCUT2D eigenvalue weighted by atomic mass is 32.1. The summed E-state index contributed by atoms with van der Waals surface area (Å²) in [5.74, 6) is -0.706. The fraction of sp³-hybridized carbons (Fsp3) is 0.400. The van der Waals surface area contributed by atoms with Crippen LogP contribution in [0.3, 0.4) is 0 Å². The Bertz CT molecular complexity index is 668. The minimum Gasteiger partial charge on any atom is -0.393 e. The number of rotatable bonds is 4. The van der Waals surface area contributed by atoms with Crippen molar-refractivity contribution in [3.05, 3.63) is 40.1 Å². The molecule has 8 heteroatoms. The van der Waals surface area contributed by atoms with Crippen LogP contribution in [0.1, 0.15) is 27.7 Å². The van der Waals surface area contributed by atoms with Crippen molar-refractivity contribution in [2.45, 2.75) is 25.5 Å². The summed E-state index contributed by atoms with van der Waals surface area (Å²) in [4.78, 5) is 14.3. The molecule has 0 unspecified atom stereocenters. The highest BCUT2D eigenvalue weighted by molar-refractivity contribution is 7.13. The maximum atomic E-state index is 12.8. The van der Waals surface area contributed by atoms with Crippen molar-refractivity contribution in [3.63, 3.8) is 0 Å². The number of nitrogens with one attached hydrogen (secondary N) is 1. The number of carbonyl (C=O) groups is 1. The maximum absolute atomic E-state index is 12.8. The minimum absolute atomic E-state index is 0.210. The molecule has 0 atom stereocenters. The molecular formula is C15H17FN4O2S. The molecule has 1 aliphatic heterocycles. The standard InChI is InChI=1S/C15H17FN4O2S/c16-10-1-3-11(4-2-10)17-14(22)15-19-18-13(23-15)9-20-7-5-12(21)6-8-20/h1-4,12,21H,5-9H2,(H,17,22). The number of amides is 1. The molecule has 0 saturated carbocycles. The molecule has 3 rings (SSSR count). The number of hydrogen-bond donors (Lipinski definition) is 2. The quantitative estimate of drug-likeness (QED) is 0.891. The first-order chi connectivity index (χ1) is 11.1. The normalized spacial score (nSPS) is 16.4. The third kappa shape index (κ3) is 4.31. The summed E-state index contributed by atoms with van der Waals surface area (Å²) in [6.45, 7) is 2.27. The first-order valence-corrected chi connectivity index (χ1v) is 8.21. The van der Waals surface area contributed by atoms with Crippen LogP contribution >= 0.6 is 11.3 Å². The second kappa shape index (κ2) is 7.12. The molecule has 1 aromatic carbocycles. The first-order valence-electron chi connectivity index (χ1n) is 7.40. The summed E-state index contributed by atoms with van der Waals surface area (Å²) in [5.41, 5.74) is 0.512. The molecule has 1 saturated heterocycles. The van der Waals surface area contributed by atoms with Gasteiger partial charge in [0.25, 0.3) is 5.91 Å². The van der Waals surface area contributed by atoms with E-state index in [-0.39, 0.29) is 22.8 Å². The Kier molecular flexibility index (Phi) is 4.94. The van der Waals surface area contributed by atoms with Crippen LogP contribution in [0.4, 0.5) is 10.1 Å². The van der Waals surface area contributed by atoms with Gasteiger partial charge in [0.15, 0.2) is 0 Å². The van der Waals surface area contributed by atoms with Gasteiger partial charge in [0, 0.05) is 18.8 Å². The van der Waals surface area contributed by atoms with E-state index in [1.807, 2.05) is 0 Å². The Balaban J connectivity index is 1.57. The van der Waals surface area contributed by atoms with E-state index >= 15 is 0 Å². The maximum Gasteiger partial charge on any atom is 0.286 e. The number of aliphatic hydroxyl groups is 1. The Morgan fingerprint density at radius 3 is 2.70 bits per heavy atom. The molecule has 122 valence electrons. The van der Waals surface area contributed by atoms with Crippen molar-refractivity contribution in [3.8, 4) is 0 Å². The first kappa shape index (κ1) is 16.0. The molecule has 1 fully saturated rings. The average molecular weight is 336 g/mol. The predicted molar refractivity (Wildman–Crippen MR) is 84.8 cm³/mol. The molecule has 0 radical (unpaired) electrons. The van der Waals surface area contributed by atoms with Crippen LogP contribution in [-0.4, -0.2) is 45.3 Å². The molecule has 1 amide bonds. The predicted octanol–water partition coefficient (Wildman–Crippen LogP) is 1.89. The highest BCUT2D eigenvalue weighted by Gasteiger charge is 2.19. The van der Waals surface area contributed by atoms with Gasteiger partial charge in [-0.2, -0.15) is 0 Å². The van der Waals surface area contributed by atoms with Gasteiger partial charge in [-0.1, -0.05) is 11.3 Å². The third-order valence-corrected chi connectivity index (χ3v) is 4.59. The van der Waals surface area contributed by atoms with Gasteiger partial charge in [-0.15, -0.1) is 10.2 Å². The number of anilines is 1. The van der Waals surface area contributed by atoms with E-state index in [1.54, 1.807) is 0 Å². The second-order valence-corrected chi connectivity index (χ2v) is 6.53. The molecule has 0 aliphatic carbocycles. The summed E-state index contributed by atoms with van der Waals surface area (Å²) in [6.07, 6.45) is 1.31. The van der Waals surface area contributed by atoms with Crippen LogP contribution in [0.2, 0.25) is 0 Å². The van der Waals surface area contributed by atoms with Gasteiger partial charge < -0.3 is 10.4 Å². The van der Waals surface area contributed by atoms with Gasteiger partial charge in [0.05, 0.1) is 12.6 Å². The lowest BCUT2D eigenvalue weighted by Crippen LogP contribution is -2.35. The van der Waals surface area contributed by atoms with Crippen molar-refractivity contribution in [2.24, 2.45) is 0 Å². The largest absolute Gasteiger partial charge is 0.393 e. The van der Waals surface area contributed by atoms with E-state index in [9.17, 15) is 14.3 Å². The van der Waals surface area contributed by atoms with Crippen LogP contribution < -0.4 is 5.32 Å². The monoisotopic (exact) mass is 336 g/mol. The van der Waals surface area contributed by atoms with Crippen molar-refractivity contribution in [2.75, 3.05) is 18.4 Å². The van der Waals surface area contributed by atoms with Crippen LogP contribution in [-0.2, 0) is 6.54 Å². The van der Waals surface area contributed by atoms with Crippen molar-refractivity contribution in [1.82, 2.24) is 15.1 Å². The minimum atomic E-state index is -0.354. The van der Waals surface area contributed by atoms with Gasteiger partial charge in [-0.05, 0) is 37.1 Å². The fourth-order valence-corrected chi connectivity index (χ4v) is 3.17. The van der Waals surface area contributed by atoms with Crippen LogP contribution in [0.25, 0.3) is 0 Å². The van der Waals surface area contributed by atoms with E-state index < -0.39 is 0 Å². The zero-order valence-corrected chi connectivity index (χ0v) is 13.2. The molecule has 6 nitrogen and oxygen atoms in total. The van der Waals surface area contributed by atoms with Crippen LogP contribution in [0, 0.1) is 5.82 Å². The Hall–Kier alpha value is -1.90. The molecule has 0 spiro atoms.